The molecule has 150 valence electrons. The van der Waals surface area contributed by atoms with Gasteiger partial charge in [0.1, 0.15) is 5.92 Å². The second kappa shape index (κ2) is 7.68. The summed E-state index contributed by atoms with van der Waals surface area (Å²) in [7, 11) is 0. The van der Waals surface area contributed by atoms with Crippen LogP contribution >= 0.6 is 11.6 Å². The molecular formula is C24H25ClN2O2. The first kappa shape index (κ1) is 19.7. The SMILES string of the molecule is Cc1ccc([C@@H](Nc2ccc(Cl)cc2)[C@@H]2C(=O)[N+]([O-])=C[C@@H]3CCC=C[C@@]32C)cc1. The van der Waals surface area contributed by atoms with E-state index in [2.05, 4.69) is 24.4 Å². The summed E-state index contributed by atoms with van der Waals surface area (Å²) in [5, 5.41) is 16.7. The second-order valence-corrected chi connectivity index (χ2v) is 8.72. The van der Waals surface area contributed by atoms with Gasteiger partial charge >= 0.3 is 5.91 Å². The van der Waals surface area contributed by atoms with Gasteiger partial charge < -0.3 is 10.5 Å². The zero-order chi connectivity index (χ0) is 20.6. The number of aryl methyl sites for hydroxylation is 1. The minimum atomic E-state index is -0.523. The van der Waals surface area contributed by atoms with Crippen molar-refractivity contribution >= 4 is 29.4 Å². The monoisotopic (exact) mass is 408 g/mol. The van der Waals surface area contributed by atoms with Crippen LogP contribution in [0.4, 0.5) is 5.69 Å². The summed E-state index contributed by atoms with van der Waals surface area (Å²) in [5.74, 6) is -0.889. The van der Waals surface area contributed by atoms with Gasteiger partial charge in [-0.05, 0) is 49.6 Å². The average molecular weight is 409 g/mol. The van der Waals surface area contributed by atoms with E-state index in [1.807, 2.05) is 55.5 Å². The molecule has 2 aromatic carbocycles. The maximum absolute atomic E-state index is 13.2. The number of nitrogens with one attached hydrogen (secondary N) is 1. The molecule has 1 amide bonds. The molecule has 0 spiro atoms. The predicted octanol–water partition coefficient (Wildman–Crippen LogP) is 5.51. The van der Waals surface area contributed by atoms with Crippen molar-refractivity contribution in [2.75, 3.05) is 5.32 Å². The van der Waals surface area contributed by atoms with Crippen molar-refractivity contribution in [2.24, 2.45) is 17.3 Å². The minimum Gasteiger partial charge on any atom is -0.616 e. The lowest BCUT2D eigenvalue weighted by atomic mass is 9.60. The van der Waals surface area contributed by atoms with Crippen LogP contribution in [-0.2, 0) is 4.79 Å². The highest BCUT2D eigenvalue weighted by atomic mass is 35.5. The van der Waals surface area contributed by atoms with Crippen molar-refractivity contribution in [1.82, 2.24) is 0 Å². The van der Waals surface area contributed by atoms with Crippen molar-refractivity contribution in [1.29, 1.82) is 0 Å². The van der Waals surface area contributed by atoms with Gasteiger partial charge in [-0.2, -0.15) is 0 Å². The largest absolute Gasteiger partial charge is 0.616 e. The Hall–Kier alpha value is -2.59. The Morgan fingerprint density at radius 3 is 2.55 bits per heavy atom. The molecule has 0 saturated heterocycles. The Labute approximate surface area is 176 Å². The van der Waals surface area contributed by atoms with Crippen LogP contribution in [0.1, 0.15) is 36.9 Å². The zero-order valence-corrected chi connectivity index (χ0v) is 17.4. The molecule has 0 unspecified atom stereocenters. The number of nitrogens with zero attached hydrogens (tertiary/aromatic N) is 1. The van der Waals surface area contributed by atoms with Crippen LogP contribution in [0.25, 0.3) is 0 Å². The number of rotatable bonds is 4. The molecule has 5 heteroatoms. The van der Waals surface area contributed by atoms with Crippen molar-refractivity contribution in [3.05, 3.63) is 82.0 Å². The number of allylic oxidation sites excluding steroid dienone is 2. The van der Waals surface area contributed by atoms with E-state index in [0.29, 0.717) is 9.76 Å². The maximum atomic E-state index is 13.2. The predicted molar refractivity (Wildman–Crippen MR) is 117 cm³/mol. The molecular weight excluding hydrogens is 384 g/mol. The third-order valence-electron chi connectivity index (χ3n) is 6.33. The smallest absolute Gasteiger partial charge is 0.404 e. The van der Waals surface area contributed by atoms with Gasteiger partial charge in [-0.25, -0.2) is 4.79 Å². The number of anilines is 1. The molecule has 1 heterocycles. The molecule has 0 aromatic heterocycles. The summed E-state index contributed by atoms with van der Waals surface area (Å²) in [6, 6.07) is 15.2. The van der Waals surface area contributed by atoms with E-state index in [0.717, 1.165) is 29.7 Å². The highest BCUT2D eigenvalue weighted by Crippen LogP contribution is 2.50. The van der Waals surface area contributed by atoms with Crippen LogP contribution in [0.15, 0.2) is 60.7 Å². The first-order valence-electron chi connectivity index (χ1n) is 10.00. The van der Waals surface area contributed by atoms with Gasteiger partial charge in [0.15, 0.2) is 6.21 Å². The third-order valence-corrected chi connectivity index (χ3v) is 6.58. The Morgan fingerprint density at radius 1 is 1.17 bits per heavy atom. The molecule has 0 radical (unpaired) electrons. The molecule has 2 aromatic rings. The van der Waals surface area contributed by atoms with Crippen LogP contribution in [0.5, 0.6) is 0 Å². The lowest BCUT2D eigenvalue weighted by Crippen LogP contribution is -2.52. The Bertz CT molecular complexity index is 965. The number of benzene rings is 2. The minimum absolute atomic E-state index is 0.0349. The van der Waals surface area contributed by atoms with E-state index in [1.165, 1.54) is 0 Å². The highest BCUT2D eigenvalue weighted by Gasteiger charge is 2.55. The molecule has 2 aliphatic rings. The molecule has 1 N–H and O–H groups in total. The number of amides is 1. The molecule has 0 bridgehead atoms. The van der Waals surface area contributed by atoms with Crippen LogP contribution < -0.4 is 5.32 Å². The van der Waals surface area contributed by atoms with E-state index in [1.54, 1.807) is 6.21 Å². The van der Waals surface area contributed by atoms with Crippen LogP contribution in [0, 0.1) is 29.4 Å². The van der Waals surface area contributed by atoms with Gasteiger partial charge in [0.25, 0.3) is 0 Å². The lowest BCUT2D eigenvalue weighted by Gasteiger charge is -2.45. The summed E-state index contributed by atoms with van der Waals surface area (Å²) in [6.45, 7) is 4.14. The first-order valence-corrected chi connectivity index (χ1v) is 10.4. The van der Waals surface area contributed by atoms with E-state index < -0.39 is 17.2 Å². The topological polar surface area (TPSA) is 55.2 Å². The molecule has 4 rings (SSSR count). The zero-order valence-electron chi connectivity index (χ0n) is 16.6. The Balaban J connectivity index is 1.82. The lowest BCUT2D eigenvalue weighted by molar-refractivity contribution is -0.395. The van der Waals surface area contributed by atoms with Gasteiger partial charge in [0, 0.05) is 22.0 Å². The fraction of sp³-hybridized carbons (Fsp3) is 0.333. The third kappa shape index (κ3) is 3.69. The summed E-state index contributed by atoms with van der Waals surface area (Å²) < 4.78 is 0.557. The molecule has 0 fully saturated rings. The number of fused-ring (bicyclic) bond motifs is 1. The van der Waals surface area contributed by atoms with Gasteiger partial charge in [-0.15, -0.1) is 4.74 Å². The number of hydrogen-bond acceptors (Lipinski definition) is 3. The van der Waals surface area contributed by atoms with Gasteiger partial charge in [0.2, 0.25) is 0 Å². The molecule has 4 atom stereocenters. The van der Waals surface area contributed by atoms with Gasteiger partial charge in [-0.1, -0.05) is 60.5 Å². The normalized spacial score (nSPS) is 27.1. The van der Waals surface area contributed by atoms with E-state index in [9.17, 15) is 10.0 Å². The molecule has 4 nitrogen and oxygen atoms in total. The Morgan fingerprint density at radius 2 is 1.86 bits per heavy atom. The van der Waals surface area contributed by atoms with Gasteiger partial charge in [-0.3, -0.25) is 0 Å². The quantitative estimate of drug-likeness (QED) is 0.412. The van der Waals surface area contributed by atoms with Crippen LogP contribution in [-0.4, -0.2) is 16.9 Å². The number of hydroxylamine groups is 1. The molecule has 1 aliphatic carbocycles. The van der Waals surface area contributed by atoms with Gasteiger partial charge in [0.05, 0.1) is 6.04 Å². The summed E-state index contributed by atoms with van der Waals surface area (Å²) in [6.07, 6.45) is 7.64. The number of hydrogen-bond donors (Lipinski definition) is 1. The Kier molecular flexibility index (Phi) is 5.22. The van der Waals surface area contributed by atoms with E-state index >= 15 is 0 Å². The summed E-state index contributed by atoms with van der Waals surface area (Å²) in [5.41, 5.74) is 2.57. The van der Waals surface area contributed by atoms with Crippen LogP contribution in [0.3, 0.4) is 0 Å². The highest BCUT2D eigenvalue weighted by molar-refractivity contribution is 6.30. The van der Waals surface area contributed by atoms with Crippen molar-refractivity contribution in [3.8, 4) is 0 Å². The molecule has 0 saturated carbocycles. The van der Waals surface area contributed by atoms with Crippen molar-refractivity contribution < 1.29 is 9.53 Å². The van der Waals surface area contributed by atoms with E-state index in [4.69, 9.17) is 11.6 Å². The maximum Gasteiger partial charge on any atom is 0.404 e. The second-order valence-electron chi connectivity index (χ2n) is 8.28. The van der Waals surface area contributed by atoms with Crippen molar-refractivity contribution in [3.63, 3.8) is 0 Å². The standard InChI is InChI=1S/C24H25ClN2O2/c1-16-6-8-17(9-7-16)22(26-20-12-10-19(25)11-13-20)21-23(28)27(29)15-18-5-3-4-14-24(18,21)2/h4,6-15,18,21-22,26H,3,5H2,1-2H3/t18-,21+,22+,24-/m0/s1. The van der Waals surface area contributed by atoms with Crippen LogP contribution in [0.2, 0.25) is 5.02 Å². The van der Waals surface area contributed by atoms with E-state index in [-0.39, 0.29) is 12.0 Å². The number of carbonyl (C=O) groups excluding carboxylic acids is 1. The number of halogens is 1. The molecule has 1 aliphatic heterocycles. The fourth-order valence-electron chi connectivity index (χ4n) is 4.62. The number of carbonyl (C=O) groups is 1. The summed E-state index contributed by atoms with van der Waals surface area (Å²) in [4.78, 5) is 13.2. The molecule has 29 heavy (non-hydrogen) atoms. The summed E-state index contributed by atoms with van der Waals surface area (Å²) >= 11 is 6.04. The van der Waals surface area contributed by atoms with Crippen molar-refractivity contribution in [2.45, 2.75) is 32.7 Å². The first-order chi connectivity index (χ1) is 13.9. The fourth-order valence-corrected chi connectivity index (χ4v) is 4.74. The average Bonchev–Trinajstić information content (AvgIpc) is 2.70.